The second-order valence-corrected chi connectivity index (χ2v) is 8.22. The van der Waals surface area contributed by atoms with E-state index in [1.165, 1.54) is 30.3 Å². The zero-order chi connectivity index (χ0) is 19.9. The third-order valence-corrected chi connectivity index (χ3v) is 5.87. The largest absolute Gasteiger partial charge is 0.280 e. The molecule has 0 aliphatic carbocycles. The molecule has 3 aromatic carbocycles. The summed E-state index contributed by atoms with van der Waals surface area (Å²) in [7, 11) is -3.94. The Morgan fingerprint density at radius 1 is 0.786 bits per heavy atom. The molecular formula is C20H13ClN2O4S. The summed E-state index contributed by atoms with van der Waals surface area (Å²) in [6.45, 7) is 0. The van der Waals surface area contributed by atoms with Crippen molar-refractivity contribution >= 4 is 44.8 Å². The van der Waals surface area contributed by atoms with Crippen LogP contribution in [0.5, 0.6) is 0 Å². The fraction of sp³-hybridized carbons (Fsp3) is 0. The highest BCUT2D eigenvalue weighted by Crippen LogP contribution is 2.30. The maximum atomic E-state index is 12.7. The number of imide groups is 1. The normalized spacial score (nSPS) is 13.5. The Kier molecular flexibility index (Phi) is 4.41. The lowest BCUT2D eigenvalue weighted by Gasteiger charge is -2.15. The van der Waals surface area contributed by atoms with E-state index in [-0.39, 0.29) is 21.7 Å². The van der Waals surface area contributed by atoms with Gasteiger partial charge in [-0.2, -0.15) is 0 Å². The molecule has 0 atom stereocenters. The van der Waals surface area contributed by atoms with Crippen molar-refractivity contribution in [2.24, 2.45) is 0 Å². The first-order valence-electron chi connectivity index (χ1n) is 8.23. The van der Waals surface area contributed by atoms with Gasteiger partial charge in [0.1, 0.15) is 0 Å². The Balaban J connectivity index is 1.69. The minimum absolute atomic E-state index is 0.0819. The summed E-state index contributed by atoms with van der Waals surface area (Å²) in [5, 5.41) is 0.389. The number of hydrogen-bond acceptors (Lipinski definition) is 4. The lowest BCUT2D eigenvalue weighted by Crippen LogP contribution is -2.29. The molecule has 0 radical (unpaired) electrons. The van der Waals surface area contributed by atoms with Crippen LogP contribution in [-0.4, -0.2) is 20.2 Å². The first-order chi connectivity index (χ1) is 13.4. The van der Waals surface area contributed by atoms with E-state index in [1.54, 1.807) is 42.5 Å². The molecule has 0 spiro atoms. The second-order valence-electron chi connectivity index (χ2n) is 6.10. The predicted molar refractivity (Wildman–Crippen MR) is 106 cm³/mol. The fourth-order valence-corrected chi connectivity index (χ4v) is 4.26. The lowest BCUT2D eigenvalue weighted by molar-refractivity contribution is 0.0926. The number of nitrogens with zero attached hydrogens (tertiary/aromatic N) is 1. The molecule has 0 aromatic heterocycles. The van der Waals surface area contributed by atoms with Crippen molar-refractivity contribution in [1.29, 1.82) is 0 Å². The molecule has 8 heteroatoms. The molecule has 0 fully saturated rings. The van der Waals surface area contributed by atoms with E-state index in [4.69, 9.17) is 11.6 Å². The number of fused-ring (bicyclic) bond motifs is 1. The van der Waals surface area contributed by atoms with Crippen LogP contribution in [0.3, 0.4) is 0 Å². The van der Waals surface area contributed by atoms with Gasteiger partial charge in [0.15, 0.2) is 0 Å². The van der Waals surface area contributed by atoms with Gasteiger partial charge in [0.25, 0.3) is 21.8 Å². The van der Waals surface area contributed by atoms with Crippen molar-refractivity contribution in [2.75, 3.05) is 9.62 Å². The minimum atomic E-state index is -3.94. The number of benzene rings is 3. The molecule has 3 aromatic rings. The summed E-state index contributed by atoms with van der Waals surface area (Å²) in [5.41, 5.74) is 1.06. The number of amides is 2. The highest BCUT2D eigenvalue weighted by molar-refractivity contribution is 7.92. The van der Waals surface area contributed by atoms with Crippen molar-refractivity contribution in [1.82, 2.24) is 0 Å². The average Bonchev–Trinajstić information content (AvgIpc) is 2.93. The van der Waals surface area contributed by atoms with E-state index >= 15 is 0 Å². The molecule has 28 heavy (non-hydrogen) atoms. The van der Waals surface area contributed by atoms with Gasteiger partial charge in [-0.05, 0) is 48.5 Å². The zero-order valence-electron chi connectivity index (χ0n) is 14.3. The Bertz CT molecular complexity index is 1190. The maximum absolute atomic E-state index is 12.7. The molecule has 1 N–H and O–H groups in total. The first kappa shape index (κ1) is 18.2. The highest BCUT2D eigenvalue weighted by atomic mass is 35.5. The van der Waals surface area contributed by atoms with Gasteiger partial charge in [0.2, 0.25) is 0 Å². The maximum Gasteiger partial charge on any atom is 0.266 e. The first-order valence-corrected chi connectivity index (χ1v) is 10.1. The molecular weight excluding hydrogens is 400 g/mol. The van der Waals surface area contributed by atoms with Crippen LogP contribution in [0.15, 0.2) is 77.7 Å². The summed E-state index contributed by atoms with van der Waals surface area (Å²) in [5.74, 6) is -0.976. The fourth-order valence-electron chi connectivity index (χ4n) is 2.98. The molecule has 2 amide bonds. The second kappa shape index (κ2) is 6.78. The van der Waals surface area contributed by atoms with E-state index in [0.29, 0.717) is 10.7 Å². The van der Waals surface area contributed by atoms with Gasteiger partial charge in [-0.15, -0.1) is 0 Å². The van der Waals surface area contributed by atoms with Crippen molar-refractivity contribution in [3.63, 3.8) is 0 Å². The smallest absolute Gasteiger partial charge is 0.266 e. The third-order valence-electron chi connectivity index (χ3n) is 4.26. The highest BCUT2D eigenvalue weighted by Gasteiger charge is 2.36. The molecule has 0 saturated carbocycles. The number of sulfonamides is 1. The Morgan fingerprint density at radius 2 is 1.43 bits per heavy atom. The number of rotatable bonds is 4. The number of hydrogen-bond donors (Lipinski definition) is 1. The van der Waals surface area contributed by atoms with E-state index in [9.17, 15) is 18.0 Å². The van der Waals surface area contributed by atoms with Gasteiger partial charge in [0, 0.05) is 5.02 Å². The van der Waals surface area contributed by atoms with Gasteiger partial charge in [-0.3, -0.25) is 14.3 Å². The van der Waals surface area contributed by atoms with E-state index in [0.717, 1.165) is 4.90 Å². The van der Waals surface area contributed by atoms with Crippen molar-refractivity contribution in [3.8, 4) is 0 Å². The van der Waals surface area contributed by atoms with Gasteiger partial charge in [0.05, 0.1) is 27.4 Å². The average molecular weight is 413 g/mol. The Morgan fingerprint density at radius 3 is 2.07 bits per heavy atom. The van der Waals surface area contributed by atoms with Gasteiger partial charge < -0.3 is 0 Å². The van der Waals surface area contributed by atoms with Crippen LogP contribution in [0.4, 0.5) is 11.4 Å². The zero-order valence-corrected chi connectivity index (χ0v) is 15.9. The van der Waals surface area contributed by atoms with Crippen LogP contribution in [0.2, 0.25) is 5.02 Å². The molecule has 0 unspecified atom stereocenters. The van der Waals surface area contributed by atoms with Gasteiger partial charge in [-0.25, -0.2) is 13.3 Å². The number of nitrogens with one attached hydrogen (secondary N) is 1. The van der Waals surface area contributed by atoms with Crippen LogP contribution in [0.1, 0.15) is 20.7 Å². The molecule has 140 valence electrons. The van der Waals surface area contributed by atoms with Gasteiger partial charge in [-0.1, -0.05) is 35.9 Å². The molecule has 1 aliphatic heterocycles. The summed E-state index contributed by atoms with van der Waals surface area (Å²) in [6.07, 6.45) is 0. The quantitative estimate of drug-likeness (QED) is 0.658. The molecule has 6 nitrogen and oxygen atoms in total. The Labute approximate surface area is 166 Å². The van der Waals surface area contributed by atoms with Crippen LogP contribution in [-0.2, 0) is 10.0 Å². The van der Waals surface area contributed by atoms with Crippen LogP contribution in [0.25, 0.3) is 0 Å². The topological polar surface area (TPSA) is 83.6 Å². The minimum Gasteiger partial charge on any atom is -0.280 e. The third kappa shape index (κ3) is 3.15. The molecule has 1 aliphatic rings. The van der Waals surface area contributed by atoms with Crippen LogP contribution >= 0.6 is 11.6 Å². The van der Waals surface area contributed by atoms with Crippen LogP contribution < -0.4 is 9.62 Å². The van der Waals surface area contributed by atoms with E-state index < -0.39 is 21.8 Å². The number of carbonyl (C=O) groups is 2. The van der Waals surface area contributed by atoms with Crippen molar-refractivity contribution < 1.29 is 18.0 Å². The van der Waals surface area contributed by atoms with Crippen molar-refractivity contribution in [3.05, 3.63) is 88.9 Å². The summed E-state index contributed by atoms with van der Waals surface area (Å²) in [4.78, 5) is 26.1. The summed E-state index contributed by atoms with van der Waals surface area (Å²) >= 11 is 5.89. The lowest BCUT2D eigenvalue weighted by atomic mass is 10.1. The summed E-state index contributed by atoms with van der Waals surface area (Å²) in [6, 6.07) is 18.4. The molecule has 0 bridgehead atoms. The van der Waals surface area contributed by atoms with Crippen molar-refractivity contribution in [2.45, 2.75) is 4.90 Å². The Hall–Kier alpha value is -3.16. The summed E-state index contributed by atoms with van der Waals surface area (Å²) < 4.78 is 27.9. The SMILES string of the molecule is O=C1c2ccccc2C(=O)N1c1cccc(S(=O)(=O)Nc2cccc(Cl)c2)c1. The van der Waals surface area contributed by atoms with Crippen LogP contribution in [0, 0.1) is 0 Å². The number of halogens is 1. The molecule has 1 heterocycles. The predicted octanol–water partition coefficient (Wildman–Crippen LogP) is 3.94. The van der Waals surface area contributed by atoms with E-state index in [1.807, 2.05) is 0 Å². The monoisotopic (exact) mass is 412 g/mol. The molecule has 0 saturated heterocycles. The van der Waals surface area contributed by atoms with Gasteiger partial charge >= 0.3 is 0 Å². The number of anilines is 2. The standard InChI is InChI=1S/C20H13ClN2O4S/c21-13-5-3-6-14(11-13)22-28(26,27)16-8-4-7-15(12-16)23-19(24)17-9-1-2-10-18(17)20(23)25/h1-12,22H. The molecule has 4 rings (SSSR count). The van der Waals surface area contributed by atoms with E-state index in [2.05, 4.69) is 4.72 Å². The number of carbonyl (C=O) groups excluding carboxylic acids is 2.